The fraction of sp³-hybridized carbons (Fsp3) is 0.583. The Kier molecular flexibility index (Phi) is 10.1. The van der Waals surface area contributed by atoms with Gasteiger partial charge in [0.15, 0.2) is 5.13 Å². The van der Waals surface area contributed by atoms with Crippen molar-refractivity contribution in [2.24, 2.45) is 11.8 Å². The van der Waals surface area contributed by atoms with Crippen molar-refractivity contribution in [1.29, 1.82) is 0 Å². The van der Waals surface area contributed by atoms with Crippen LogP contribution in [0.3, 0.4) is 0 Å². The summed E-state index contributed by atoms with van der Waals surface area (Å²) < 4.78 is 27.9. The molecule has 2 aromatic rings. The standard InChI is InChI=1S/C24H36N4O3S2.ClH/c1-16(2)13-28(14-17(3)4)33(30,31)20-9-7-19(8-10-20)23(29)26-24-25-21-11-12-27(18(5)6)15-22(21)32-24;/h7-10,16-18H,11-15H2,1-6H3,(H,25,26,29);1H. The molecule has 0 atom stereocenters. The van der Waals surface area contributed by atoms with Crippen LogP contribution in [0.2, 0.25) is 0 Å². The molecule has 2 heterocycles. The number of benzene rings is 1. The second-order valence-electron chi connectivity index (χ2n) is 9.79. The third-order valence-electron chi connectivity index (χ3n) is 5.60. The number of nitrogens with one attached hydrogen (secondary N) is 1. The number of halogens is 1. The van der Waals surface area contributed by atoms with E-state index in [2.05, 4.69) is 29.0 Å². The van der Waals surface area contributed by atoms with Gasteiger partial charge in [-0.15, -0.1) is 23.7 Å². The number of fused-ring (bicyclic) bond motifs is 1. The van der Waals surface area contributed by atoms with E-state index in [1.807, 2.05) is 27.7 Å². The van der Waals surface area contributed by atoms with Gasteiger partial charge in [-0.25, -0.2) is 13.4 Å². The highest BCUT2D eigenvalue weighted by Gasteiger charge is 2.26. The lowest BCUT2D eigenvalue weighted by molar-refractivity contribution is 0.102. The van der Waals surface area contributed by atoms with E-state index in [9.17, 15) is 13.2 Å². The molecule has 1 aliphatic rings. The Labute approximate surface area is 214 Å². The Balaban J connectivity index is 0.00000408. The Hall–Kier alpha value is -1.52. The molecule has 190 valence electrons. The highest BCUT2D eigenvalue weighted by Crippen LogP contribution is 2.29. The molecule has 0 spiro atoms. The SMILES string of the molecule is CC(C)CN(CC(C)C)S(=O)(=O)c1ccc(C(=O)Nc2nc3c(s2)CN(C(C)C)CC3)cc1.Cl. The van der Waals surface area contributed by atoms with E-state index in [0.29, 0.717) is 29.8 Å². The second kappa shape index (κ2) is 11.9. The number of hydrogen-bond donors (Lipinski definition) is 1. The molecule has 34 heavy (non-hydrogen) atoms. The average molecular weight is 529 g/mol. The van der Waals surface area contributed by atoms with Crippen molar-refractivity contribution in [2.75, 3.05) is 25.0 Å². The van der Waals surface area contributed by atoms with Gasteiger partial charge in [-0.2, -0.15) is 4.31 Å². The highest BCUT2D eigenvalue weighted by atomic mass is 35.5. The summed E-state index contributed by atoms with van der Waals surface area (Å²) in [7, 11) is -3.62. The van der Waals surface area contributed by atoms with Crippen LogP contribution >= 0.6 is 23.7 Å². The van der Waals surface area contributed by atoms with E-state index < -0.39 is 10.0 Å². The van der Waals surface area contributed by atoms with Gasteiger partial charge in [0.25, 0.3) is 5.91 Å². The molecular formula is C24H37ClN4O3S2. The first kappa shape index (κ1) is 28.7. The zero-order valence-electron chi connectivity index (χ0n) is 20.9. The van der Waals surface area contributed by atoms with Gasteiger partial charge in [0.05, 0.1) is 10.6 Å². The molecule has 1 aromatic carbocycles. The fourth-order valence-electron chi connectivity index (χ4n) is 3.89. The largest absolute Gasteiger partial charge is 0.298 e. The zero-order valence-corrected chi connectivity index (χ0v) is 23.3. The van der Waals surface area contributed by atoms with E-state index in [1.165, 1.54) is 32.7 Å². The highest BCUT2D eigenvalue weighted by molar-refractivity contribution is 7.89. The minimum absolute atomic E-state index is 0. The number of amides is 1. The number of nitrogens with zero attached hydrogens (tertiary/aromatic N) is 3. The molecule has 0 saturated heterocycles. The first-order valence-electron chi connectivity index (χ1n) is 11.6. The summed E-state index contributed by atoms with van der Waals surface area (Å²) in [6.45, 7) is 15.2. The van der Waals surface area contributed by atoms with Crippen molar-refractivity contribution < 1.29 is 13.2 Å². The summed E-state index contributed by atoms with van der Waals surface area (Å²) in [5.74, 6) is 0.160. The number of sulfonamides is 1. The Morgan fingerprint density at radius 1 is 1.09 bits per heavy atom. The summed E-state index contributed by atoms with van der Waals surface area (Å²) in [5.41, 5.74) is 1.47. The van der Waals surface area contributed by atoms with E-state index in [1.54, 1.807) is 12.1 Å². The van der Waals surface area contributed by atoms with Gasteiger partial charge < -0.3 is 0 Å². The predicted octanol–water partition coefficient (Wildman–Crippen LogP) is 4.89. The topological polar surface area (TPSA) is 82.6 Å². The summed E-state index contributed by atoms with van der Waals surface area (Å²) in [6.07, 6.45) is 0.885. The smallest absolute Gasteiger partial charge is 0.257 e. The van der Waals surface area contributed by atoms with Crippen LogP contribution in [0, 0.1) is 11.8 Å². The predicted molar refractivity (Wildman–Crippen MR) is 141 cm³/mol. The summed E-state index contributed by atoms with van der Waals surface area (Å²) in [4.78, 5) is 21.2. The lowest BCUT2D eigenvalue weighted by Crippen LogP contribution is -2.37. The summed E-state index contributed by atoms with van der Waals surface area (Å²) in [5, 5.41) is 3.47. The third kappa shape index (κ3) is 7.01. The number of hydrogen-bond acceptors (Lipinski definition) is 6. The quantitative estimate of drug-likeness (QED) is 0.501. The van der Waals surface area contributed by atoms with Crippen molar-refractivity contribution in [2.45, 2.75) is 65.4 Å². The van der Waals surface area contributed by atoms with Gasteiger partial charge in [0, 0.05) is 49.1 Å². The first-order valence-corrected chi connectivity index (χ1v) is 13.9. The normalized spacial score (nSPS) is 14.5. The van der Waals surface area contributed by atoms with Crippen LogP contribution in [-0.4, -0.2) is 54.2 Å². The zero-order chi connectivity index (χ0) is 24.3. The molecule has 0 unspecified atom stereocenters. The average Bonchev–Trinajstić information content (AvgIpc) is 3.14. The monoisotopic (exact) mass is 528 g/mol. The lowest BCUT2D eigenvalue weighted by Gasteiger charge is -2.29. The van der Waals surface area contributed by atoms with Gasteiger partial charge in [0.1, 0.15) is 0 Å². The number of aromatic nitrogens is 1. The number of anilines is 1. The van der Waals surface area contributed by atoms with Crippen molar-refractivity contribution >= 4 is 44.8 Å². The van der Waals surface area contributed by atoms with Gasteiger partial charge in [-0.05, 0) is 49.9 Å². The molecule has 0 fully saturated rings. The maximum atomic E-state index is 13.2. The molecule has 1 aromatic heterocycles. The van der Waals surface area contributed by atoms with Crippen molar-refractivity contribution in [3.8, 4) is 0 Å². The molecule has 1 amide bonds. The minimum Gasteiger partial charge on any atom is -0.298 e. The Morgan fingerprint density at radius 2 is 1.68 bits per heavy atom. The molecule has 0 bridgehead atoms. The van der Waals surface area contributed by atoms with Crippen LogP contribution in [0.1, 0.15) is 62.5 Å². The molecule has 1 N–H and O–H groups in total. The number of thiazole rings is 1. The van der Waals surface area contributed by atoms with Gasteiger partial charge in [-0.3, -0.25) is 15.0 Å². The third-order valence-corrected chi connectivity index (χ3v) is 8.45. The summed E-state index contributed by atoms with van der Waals surface area (Å²) in [6, 6.07) is 6.65. The fourth-order valence-corrected chi connectivity index (χ4v) is 6.69. The molecule has 0 saturated carbocycles. The molecule has 0 aliphatic carbocycles. The van der Waals surface area contributed by atoms with Crippen LogP contribution in [0.5, 0.6) is 0 Å². The molecule has 1 aliphatic heterocycles. The maximum Gasteiger partial charge on any atom is 0.257 e. The van der Waals surface area contributed by atoms with Crippen LogP contribution in [-0.2, 0) is 23.0 Å². The van der Waals surface area contributed by atoms with Crippen LogP contribution in [0.25, 0.3) is 0 Å². The number of carbonyl (C=O) groups excluding carboxylic acids is 1. The lowest BCUT2D eigenvalue weighted by atomic mass is 10.1. The molecule has 10 heteroatoms. The minimum atomic E-state index is -3.62. The van der Waals surface area contributed by atoms with Crippen LogP contribution in [0.4, 0.5) is 5.13 Å². The van der Waals surface area contributed by atoms with Crippen molar-refractivity contribution in [3.63, 3.8) is 0 Å². The van der Waals surface area contributed by atoms with E-state index in [0.717, 1.165) is 25.2 Å². The first-order chi connectivity index (χ1) is 15.5. The number of rotatable bonds is 9. The molecule has 7 nitrogen and oxygen atoms in total. The van der Waals surface area contributed by atoms with Crippen LogP contribution in [0.15, 0.2) is 29.2 Å². The Bertz CT molecular complexity index is 1060. The van der Waals surface area contributed by atoms with Gasteiger partial charge >= 0.3 is 0 Å². The molecule has 3 rings (SSSR count). The van der Waals surface area contributed by atoms with E-state index in [4.69, 9.17) is 0 Å². The number of carbonyl (C=O) groups is 1. The van der Waals surface area contributed by atoms with Crippen molar-refractivity contribution in [1.82, 2.24) is 14.2 Å². The second-order valence-corrected chi connectivity index (χ2v) is 12.8. The molecular weight excluding hydrogens is 492 g/mol. The van der Waals surface area contributed by atoms with Gasteiger partial charge in [0.2, 0.25) is 10.0 Å². The summed E-state index contributed by atoms with van der Waals surface area (Å²) >= 11 is 1.51. The molecule has 0 radical (unpaired) electrons. The van der Waals surface area contributed by atoms with Gasteiger partial charge in [-0.1, -0.05) is 27.7 Å². The Morgan fingerprint density at radius 3 is 2.21 bits per heavy atom. The maximum absolute atomic E-state index is 13.2. The van der Waals surface area contributed by atoms with Crippen molar-refractivity contribution in [3.05, 3.63) is 40.4 Å². The van der Waals surface area contributed by atoms with E-state index >= 15 is 0 Å². The van der Waals surface area contributed by atoms with Crippen LogP contribution < -0.4 is 5.32 Å². The van der Waals surface area contributed by atoms with E-state index in [-0.39, 0.29) is 35.0 Å².